The average Bonchev–Trinajstić information content (AvgIpc) is 2.22. The van der Waals surface area contributed by atoms with Crippen molar-refractivity contribution in [2.45, 2.75) is 25.8 Å². The van der Waals surface area contributed by atoms with Gasteiger partial charge < -0.3 is 15.0 Å². The maximum atomic E-state index is 11.2. The van der Waals surface area contributed by atoms with Crippen LogP contribution in [0.4, 0.5) is 0 Å². The maximum absolute atomic E-state index is 11.2. The maximum Gasteiger partial charge on any atom is 0.322 e. The van der Waals surface area contributed by atoms with Gasteiger partial charge in [0.2, 0.25) is 5.91 Å². The molecule has 0 radical (unpaired) electrons. The number of ether oxygens (including phenoxy) is 1. The van der Waals surface area contributed by atoms with E-state index in [1.807, 2.05) is 6.92 Å². The van der Waals surface area contributed by atoms with E-state index in [-0.39, 0.29) is 17.9 Å². The van der Waals surface area contributed by atoms with Crippen LogP contribution in [0.5, 0.6) is 0 Å². The summed E-state index contributed by atoms with van der Waals surface area (Å²) >= 11 is 0. The van der Waals surface area contributed by atoms with Gasteiger partial charge in [-0.05, 0) is 6.42 Å². The minimum Gasteiger partial charge on any atom is -0.468 e. The Bertz CT molecular complexity index is 217. The molecule has 0 rings (SSSR count). The molecule has 0 saturated carbocycles. The lowest BCUT2D eigenvalue weighted by molar-refractivity contribution is -0.143. The summed E-state index contributed by atoms with van der Waals surface area (Å²) in [5, 5.41) is 2.98. The Morgan fingerprint density at radius 2 is 2.00 bits per heavy atom. The van der Waals surface area contributed by atoms with E-state index >= 15 is 0 Å². The van der Waals surface area contributed by atoms with Gasteiger partial charge >= 0.3 is 5.97 Å². The zero-order chi connectivity index (χ0) is 11.8. The molecule has 0 fully saturated rings. The molecule has 0 heterocycles. The van der Waals surface area contributed by atoms with Gasteiger partial charge in [0.1, 0.15) is 6.04 Å². The van der Waals surface area contributed by atoms with E-state index in [4.69, 9.17) is 0 Å². The molecule has 5 nitrogen and oxygen atoms in total. The molecule has 0 spiro atoms. The van der Waals surface area contributed by atoms with Gasteiger partial charge in [-0.15, -0.1) is 0 Å². The lowest BCUT2D eigenvalue weighted by atomic mass is 10.2. The highest BCUT2D eigenvalue weighted by atomic mass is 16.5. The molecule has 0 aromatic rings. The molecule has 1 amide bonds. The van der Waals surface area contributed by atoms with E-state index in [2.05, 4.69) is 10.1 Å². The minimum atomic E-state index is -0.315. The molecule has 0 aromatic heterocycles. The number of carbonyl (C=O) groups excluding carboxylic acids is 2. The third kappa shape index (κ3) is 5.37. The van der Waals surface area contributed by atoms with Crippen LogP contribution in [0.1, 0.15) is 19.8 Å². The number of esters is 1. The molecule has 88 valence electrons. The zero-order valence-corrected chi connectivity index (χ0v) is 9.87. The van der Waals surface area contributed by atoms with Crippen LogP contribution < -0.4 is 5.32 Å². The lowest BCUT2D eigenvalue weighted by Gasteiger charge is -2.15. The molecule has 0 aliphatic heterocycles. The fraction of sp³-hybridized carbons (Fsp3) is 0.800. The highest BCUT2D eigenvalue weighted by Crippen LogP contribution is 1.94. The fourth-order valence-corrected chi connectivity index (χ4v) is 1.11. The number of amides is 1. The van der Waals surface area contributed by atoms with Crippen molar-refractivity contribution < 1.29 is 14.3 Å². The summed E-state index contributed by atoms with van der Waals surface area (Å²) in [6.07, 6.45) is 1.04. The number of nitrogens with one attached hydrogen (secondary N) is 1. The van der Waals surface area contributed by atoms with Crippen LogP contribution >= 0.6 is 0 Å². The summed E-state index contributed by atoms with van der Waals surface area (Å²) in [4.78, 5) is 23.9. The van der Waals surface area contributed by atoms with Crippen LogP contribution in [0, 0.1) is 0 Å². The molecule has 1 atom stereocenters. The second-order valence-electron chi connectivity index (χ2n) is 3.48. The van der Waals surface area contributed by atoms with Crippen molar-refractivity contribution in [3.8, 4) is 0 Å². The predicted octanol–water partition coefficient (Wildman–Crippen LogP) is 0.00590. The summed E-state index contributed by atoms with van der Waals surface area (Å²) in [6.45, 7) is 2.38. The third-order valence-corrected chi connectivity index (χ3v) is 2.12. The smallest absolute Gasteiger partial charge is 0.322 e. The molecule has 0 bridgehead atoms. The second kappa shape index (κ2) is 7.23. The first-order chi connectivity index (χ1) is 7.02. The van der Waals surface area contributed by atoms with Crippen LogP contribution in [0.15, 0.2) is 0 Å². The number of hydrogen-bond acceptors (Lipinski definition) is 4. The van der Waals surface area contributed by atoms with E-state index in [1.165, 1.54) is 12.0 Å². The number of carbonyl (C=O) groups is 2. The summed E-state index contributed by atoms with van der Waals surface area (Å²) < 4.78 is 4.61. The molecule has 0 aliphatic carbocycles. The first-order valence-electron chi connectivity index (χ1n) is 5.04. The largest absolute Gasteiger partial charge is 0.468 e. The van der Waals surface area contributed by atoms with E-state index in [1.54, 1.807) is 14.1 Å². The van der Waals surface area contributed by atoms with E-state index < -0.39 is 0 Å². The van der Waals surface area contributed by atoms with Gasteiger partial charge in [-0.3, -0.25) is 9.59 Å². The van der Waals surface area contributed by atoms with Crippen LogP contribution in [-0.4, -0.2) is 50.6 Å². The highest BCUT2D eigenvalue weighted by molar-refractivity contribution is 5.77. The molecular formula is C10H20N2O3. The Balaban J connectivity index is 3.82. The first kappa shape index (κ1) is 13.9. The van der Waals surface area contributed by atoms with Crippen LogP contribution in [0.3, 0.4) is 0 Å². The van der Waals surface area contributed by atoms with Crippen LogP contribution in [0.25, 0.3) is 0 Å². The third-order valence-electron chi connectivity index (χ3n) is 2.12. The fourth-order valence-electron chi connectivity index (χ4n) is 1.11. The Kier molecular flexibility index (Phi) is 6.70. The Morgan fingerprint density at radius 1 is 1.40 bits per heavy atom. The normalized spacial score (nSPS) is 12.0. The first-order valence-corrected chi connectivity index (χ1v) is 5.04. The lowest BCUT2D eigenvalue weighted by Crippen LogP contribution is -2.39. The summed E-state index contributed by atoms with van der Waals surface area (Å²) in [7, 11) is 4.78. The number of hydrogen-bond donors (Lipinski definition) is 1. The van der Waals surface area contributed by atoms with E-state index in [9.17, 15) is 9.59 Å². The van der Waals surface area contributed by atoms with Gasteiger partial charge in [-0.1, -0.05) is 6.92 Å². The summed E-state index contributed by atoms with van der Waals surface area (Å²) in [5.74, 6) is -0.239. The molecule has 1 unspecified atom stereocenters. The molecular weight excluding hydrogens is 196 g/mol. The van der Waals surface area contributed by atoms with E-state index in [0.29, 0.717) is 19.4 Å². The standard InChI is InChI=1S/C10H20N2O3/c1-5-8(10(14)15-4)11-7-6-9(13)12(2)3/h8,11H,5-7H2,1-4H3. The monoisotopic (exact) mass is 216 g/mol. The molecule has 0 aliphatic rings. The topological polar surface area (TPSA) is 58.6 Å². The number of rotatable bonds is 6. The predicted molar refractivity (Wildman–Crippen MR) is 57.4 cm³/mol. The van der Waals surface area contributed by atoms with Gasteiger partial charge in [-0.2, -0.15) is 0 Å². The Labute approximate surface area is 90.8 Å². The van der Waals surface area contributed by atoms with Crippen molar-refractivity contribution >= 4 is 11.9 Å². The highest BCUT2D eigenvalue weighted by Gasteiger charge is 2.16. The molecule has 1 N–H and O–H groups in total. The Hall–Kier alpha value is -1.10. The van der Waals surface area contributed by atoms with Crippen molar-refractivity contribution in [2.24, 2.45) is 0 Å². The van der Waals surface area contributed by atoms with Crippen LogP contribution in [-0.2, 0) is 14.3 Å². The van der Waals surface area contributed by atoms with Crippen molar-refractivity contribution in [1.82, 2.24) is 10.2 Å². The molecule has 5 heteroatoms. The average molecular weight is 216 g/mol. The van der Waals surface area contributed by atoms with Gasteiger partial charge in [0, 0.05) is 27.1 Å². The summed E-state index contributed by atoms with van der Waals surface area (Å²) in [6, 6.07) is -0.315. The summed E-state index contributed by atoms with van der Waals surface area (Å²) in [5.41, 5.74) is 0. The minimum absolute atomic E-state index is 0.0437. The Morgan fingerprint density at radius 3 is 2.40 bits per heavy atom. The molecule has 0 aromatic carbocycles. The second-order valence-corrected chi connectivity index (χ2v) is 3.48. The van der Waals surface area contributed by atoms with Crippen molar-refractivity contribution in [3.63, 3.8) is 0 Å². The quantitative estimate of drug-likeness (QED) is 0.635. The van der Waals surface area contributed by atoms with Gasteiger partial charge in [-0.25, -0.2) is 0 Å². The molecule has 0 saturated heterocycles. The van der Waals surface area contributed by atoms with Crippen molar-refractivity contribution in [3.05, 3.63) is 0 Å². The van der Waals surface area contributed by atoms with Crippen molar-refractivity contribution in [1.29, 1.82) is 0 Å². The van der Waals surface area contributed by atoms with Crippen molar-refractivity contribution in [2.75, 3.05) is 27.7 Å². The van der Waals surface area contributed by atoms with Gasteiger partial charge in [0.15, 0.2) is 0 Å². The number of nitrogens with zero attached hydrogens (tertiary/aromatic N) is 1. The SMILES string of the molecule is CCC(NCCC(=O)N(C)C)C(=O)OC. The van der Waals surface area contributed by atoms with Crippen LogP contribution in [0.2, 0.25) is 0 Å². The van der Waals surface area contributed by atoms with E-state index in [0.717, 1.165) is 0 Å². The molecule has 15 heavy (non-hydrogen) atoms. The zero-order valence-electron chi connectivity index (χ0n) is 9.87. The number of methoxy groups -OCH3 is 1. The van der Waals surface area contributed by atoms with Gasteiger partial charge in [0.05, 0.1) is 7.11 Å². The van der Waals surface area contributed by atoms with Gasteiger partial charge in [0.25, 0.3) is 0 Å².